The van der Waals surface area contributed by atoms with E-state index in [0.717, 1.165) is 38.2 Å². The molecule has 0 aromatic heterocycles. The molecule has 3 amide bonds. The molecule has 1 aliphatic rings. The molecule has 0 saturated carbocycles. The van der Waals surface area contributed by atoms with Crippen LogP contribution in [0.3, 0.4) is 0 Å². The largest absolute Gasteiger partial charge is 0.368 e. The lowest BCUT2D eigenvalue weighted by molar-refractivity contribution is 0.102. The Morgan fingerprint density at radius 1 is 0.967 bits per heavy atom. The molecule has 8 heteroatoms. The average Bonchev–Trinajstić information content (AvgIpc) is 2.74. The van der Waals surface area contributed by atoms with Gasteiger partial charge in [0.2, 0.25) is 0 Å². The summed E-state index contributed by atoms with van der Waals surface area (Å²) in [7, 11) is 0. The molecule has 1 aliphatic heterocycles. The smallest absolute Gasteiger partial charge is 0.317 e. The standard InChI is InChI=1S/C22H26Cl2N4O2/c1-2-3-8-25-22(30)28-11-9-27(10-12-28)20-6-4-19(5-7-20)26-21(29)16-13-17(23)15-18(24)14-16/h4-7,13-15H,2-3,8-12H2,1H3,(H,25,30)(H,26,29). The van der Waals surface area contributed by atoms with Gasteiger partial charge < -0.3 is 20.4 Å². The highest BCUT2D eigenvalue weighted by atomic mass is 35.5. The second-order valence-electron chi connectivity index (χ2n) is 7.22. The van der Waals surface area contributed by atoms with Crippen LogP contribution in [0.2, 0.25) is 10.0 Å². The Balaban J connectivity index is 1.52. The number of benzene rings is 2. The summed E-state index contributed by atoms with van der Waals surface area (Å²) in [5.41, 5.74) is 2.16. The van der Waals surface area contributed by atoms with Crippen LogP contribution in [0, 0.1) is 0 Å². The summed E-state index contributed by atoms with van der Waals surface area (Å²) in [6.07, 6.45) is 2.07. The van der Waals surface area contributed by atoms with Gasteiger partial charge >= 0.3 is 6.03 Å². The number of urea groups is 1. The molecule has 2 aromatic carbocycles. The minimum Gasteiger partial charge on any atom is -0.368 e. The summed E-state index contributed by atoms with van der Waals surface area (Å²) in [5.74, 6) is -0.269. The van der Waals surface area contributed by atoms with Crippen molar-refractivity contribution in [1.29, 1.82) is 0 Å². The average molecular weight is 449 g/mol. The summed E-state index contributed by atoms with van der Waals surface area (Å²) in [6.45, 7) is 5.75. The second-order valence-corrected chi connectivity index (χ2v) is 8.09. The fourth-order valence-electron chi connectivity index (χ4n) is 3.30. The number of amides is 3. The van der Waals surface area contributed by atoms with Gasteiger partial charge in [-0.05, 0) is 48.9 Å². The molecule has 0 aliphatic carbocycles. The van der Waals surface area contributed by atoms with Crippen LogP contribution >= 0.6 is 23.2 Å². The van der Waals surface area contributed by atoms with Gasteiger partial charge in [0.25, 0.3) is 5.91 Å². The van der Waals surface area contributed by atoms with Crippen molar-refractivity contribution in [2.75, 3.05) is 42.9 Å². The Hall–Kier alpha value is -2.44. The van der Waals surface area contributed by atoms with Crippen LogP contribution in [-0.2, 0) is 0 Å². The van der Waals surface area contributed by atoms with Crippen LogP contribution in [0.15, 0.2) is 42.5 Å². The van der Waals surface area contributed by atoms with Crippen LogP contribution in [0.4, 0.5) is 16.2 Å². The van der Waals surface area contributed by atoms with Gasteiger partial charge in [0, 0.05) is 59.7 Å². The number of carbonyl (C=O) groups is 2. The molecule has 0 atom stereocenters. The lowest BCUT2D eigenvalue weighted by Crippen LogP contribution is -2.52. The van der Waals surface area contributed by atoms with Crippen LogP contribution < -0.4 is 15.5 Å². The van der Waals surface area contributed by atoms with Gasteiger partial charge in [-0.1, -0.05) is 36.5 Å². The Morgan fingerprint density at radius 3 is 2.20 bits per heavy atom. The summed E-state index contributed by atoms with van der Waals surface area (Å²) >= 11 is 11.9. The molecule has 1 saturated heterocycles. The molecule has 0 bridgehead atoms. The van der Waals surface area contributed by atoms with E-state index in [1.165, 1.54) is 0 Å². The second kappa shape index (κ2) is 10.5. The van der Waals surface area contributed by atoms with E-state index in [2.05, 4.69) is 22.5 Å². The third-order valence-electron chi connectivity index (χ3n) is 4.99. The van der Waals surface area contributed by atoms with Crippen molar-refractivity contribution in [1.82, 2.24) is 10.2 Å². The number of rotatable bonds is 6. The molecular formula is C22H26Cl2N4O2. The van der Waals surface area contributed by atoms with E-state index in [0.29, 0.717) is 34.4 Å². The Kier molecular flexibility index (Phi) is 7.82. The lowest BCUT2D eigenvalue weighted by atomic mass is 10.2. The minimum absolute atomic E-state index is 0.0160. The molecule has 3 rings (SSSR count). The molecule has 30 heavy (non-hydrogen) atoms. The van der Waals surface area contributed by atoms with Crippen molar-refractivity contribution in [2.24, 2.45) is 0 Å². The van der Waals surface area contributed by atoms with E-state index in [-0.39, 0.29) is 11.9 Å². The first-order valence-electron chi connectivity index (χ1n) is 10.1. The van der Waals surface area contributed by atoms with E-state index in [9.17, 15) is 9.59 Å². The molecule has 0 radical (unpaired) electrons. The zero-order valence-corrected chi connectivity index (χ0v) is 18.5. The highest BCUT2D eigenvalue weighted by Gasteiger charge is 2.21. The summed E-state index contributed by atoms with van der Waals surface area (Å²) in [5, 5.41) is 6.65. The first kappa shape index (κ1) is 22.2. The van der Waals surface area contributed by atoms with E-state index in [1.54, 1.807) is 18.2 Å². The van der Waals surface area contributed by atoms with Crippen molar-refractivity contribution >= 4 is 46.5 Å². The molecule has 1 heterocycles. The van der Waals surface area contributed by atoms with Crippen LogP contribution in [0.1, 0.15) is 30.1 Å². The molecule has 160 valence electrons. The number of hydrogen-bond donors (Lipinski definition) is 2. The highest BCUT2D eigenvalue weighted by Crippen LogP contribution is 2.22. The normalized spacial score (nSPS) is 13.8. The zero-order chi connectivity index (χ0) is 21.5. The fourth-order valence-corrected chi connectivity index (χ4v) is 3.82. The van der Waals surface area contributed by atoms with Gasteiger partial charge in [0.05, 0.1) is 0 Å². The molecule has 6 nitrogen and oxygen atoms in total. The minimum atomic E-state index is -0.269. The van der Waals surface area contributed by atoms with Gasteiger partial charge in [0.15, 0.2) is 0 Å². The number of halogens is 2. The van der Waals surface area contributed by atoms with Crippen molar-refractivity contribution in [3.63, 3.8) is 0 Å². The van der Waals surface area contributed by atoms with Crippen LogP contribution in [0.5, 0.6) is 0 Å². The van der Waals surface area contributed by atoms with E-state index < -0.39 is 0 Å². The number of unbranched alkanes of at least 4 members (excludes halogenated alkanes) is 1. The number of piperazine rings is 1. The maximum atomic E-state index is 12.4. The third kappa shape index (κ3) is 6.03. The molecular weight excluding hydrogens is 423 g/mol. The van der Waals surface area contributed by atoms with E-state index >= 15 is 0 Å². The quantitative estimate of drug-likeness (QED) is 0.618. The number of anilines is 2. The topological polar surface area (TPSA) is 64.7 Å². The van der Waals surface area contributed by atoms with Crippen LogP contribution in [-0.4, -0.2) is 49.6 Å². The number of carbonyl (C=O) groups excluding carboxylic acids is 2. The Labute approximate surface area is 187 Å². The van der Waals surface area contributed by atoms with Crippen molar-refractivity contribution < 1.29 is 9.59 Å². The monoisotopic (exact) mass is 448 g/mol. The first-order valence-corrected chi connectivity index (χ1v) is 10.9. The molecule has 2 N–H and O–H groups in total. The molecule has 0 spiro atoms. The maximum absolute atomic E-state index is 12.4. The van der Waals surface area contributed by atoms with E-state index in [4.69, 9.17) is 23.2 Å². The summed E-state index contributed by atoms with van der Waals surface area (Å²) in [6, 6.07) is 12.4. The SMILES string of the molecule is CCCCNC(=O)N1CCN(c2ccc(NC(=O)c3cc(Cl)cc(Cl)c3)cc2)CC1. The maximum Gasteiger partial charge on any atom is 0.317 e. The van der Waals surface area contributed by atoms with Crippen LogP contribution in [0.25, 0.3) is 0 Å². The number of nitrogens with one attached hydrogen (secondary N) is 2. The Bertz CT molecular complexity index is 861. The molecule has 0 unspecified atom stereocenters. The predicted octanol–water partition coefficient (Wildman–Crippen LogP) is 4.88. The summed E-state index contributed by atoms with van der Waals surface area (Å²) in [4.78, 5) is 28.7. The van der Waals surface area contributed by atoms with Gasteiger partial charge in [0.1, 0.15) is 0 Å². The van der Waals surface area contributed by atoms with Gasteiger partial charge in [-0.3, -0.25) is 4.79 Å². The lowest BCUT2D eigenvalue weighted by Gasteiger charge is -2.36. The predicted molar refractivity (Wildman–Crippen MR) is 123 cm³/mol. The first-order chi connectivity index (χ1) is 14.5. The van der Waals surface area contributed by atoms with Gasteiger partial charge in [-0.25, -0.2) is 4.79 Å². The number of hydrogen-bond acceptors (Lipinski definition) is 3. The van der Waals surface area contributed by atoms with Gasteiger partial charge in [-0.15, -0.1) is 0 Å². The van der Waals surface area contributed by atoms with Crippen molar-refractivity contribution in [3.05, 3.63) is 58.1 Å². The van der Waals surface area contributed by atoms with Crippen molar-refractivity contribution in [3.8, 4) is 0 Å². The van der Waals surface area contributed by atoms with E-state index in [1.807, 2.05) is 29.2 Å². The highest BCUT2D eigenvalue weighted by molar-refractivity contribution is 6.35. The number of nitrogens with zero attached hydrogens (tertiary/aromatic N) is 2. The fraction of sp³-hybridized carbons (Fsp3) is 0.364. The summed E-state index contributed by atoms with van der Waals surface area (Å²) < 4.78 is 0. The van der Waals surface area contributed by atoms with Gasteiger partial charge in [-0.2, -0.15) is 0 Å². The third-order valence-corrected chi connectivity index (χ3v) is 5.42. The Morgan fingerprint density at radius 2 is 1.60 bits per heavy atom. The van der Waals surface area contributed by atoms with Crippen molar-refractivity contribution in [2.45, 2.75) is 19.8 Å². The molecule has 2 aromatic rings. The molecule has 1 fully saturated rings. The zero-order valence-electron chi connectivity index (χ0n) is 17.0.